The van der Waals surface area contributed by atoms with E-state index in [-0.39, 0.29) is 5.97 Å². The SMILES string of the molecule is Cc1ccc(NS(C)(=O)=O)cc1C1C=CC(=O)O1. The van der Waals surface area contributed by atoms with Crippen LogP contribution in [-0.2, 0) is 19.6 Å². The van der Waals surface area contributed by atoms with Crippen LogP contribution in [0.3, 0.4) is 0 Å². The third kappa shape index (κ3) is 2.89. The molecule has 0 radical (unpaired) electrons. The van der Waals surface area contributed by atoms with Crippen LogP contribution in [0, 0.1) is 6.92 Å². The molecule has 0 aromatic heterocycles. The zero-order chi connectivity index (χ0) is 13.3. The van der Waals surface area contributed by atoms with E-state index in [2.05, 4.69) is 4.72 Å². The van der Waals surface area contributed by atoms with E-state index in [4.69, 9.17) is 4.74 Å². The maximum Gasteiger partial charge on any atom is 0.331 e. The van der Waals surface area contributed by atoms with E-state index in [1.165, 1.54) is 6.08 Å². The number of sulfonamides is 1. The predicted molar refractivity (Wildman–Crippen MR) is 67.6 cm³/mol. The Kier molecular flexibility index (Phi) is 3.13. The first-order chi connectivity index (χ1) is 8.35. The maximum atomic E-state index is 11.2. The lowest BCUT2D eigenvalue weighted by Gasteiger charge is -2.14. The van der Waals surface area contributed by atoms with Gasteiger partial charge in [-0.25, -0.2) is 13.2 Å². The number of benzene rings is 1. The van der Waals surface area contributed by atoms with Gasteiger partial charge in [0.2, 0.25) is 10.0 Å². The highest BCUT2D eigenvalue weighted by Crippen LogP contribution is 2.29. The van der Waals surface area contributed by atoms with E-state index in [0.29, 0.717) is 5.69 Å². The largest absolute Gasteiger partial charge is 0.450 e. The van der Waals surface area contributed by atoms with Crippen molar-refractivity contribution in [2.45, 2.75) is 13.0 Å². The van der Waals surface area contributed by atoms with Crippen LogP contribution in [0.25, 0.3) is 0 Å². The molecule has 1 aliphatic rings. The van der Waals surface area contributed by atoms with E-state index < -0.39 is 16.1 Å². The number of carbonyl (C=O) groups excluding carboxylic acids is 1. The van der Waals surface area contributed by atoms with Gasteiger partial charge in [-0.2, -0.15) is 0 Å². The number of cyclic esters (lactones) is 1. The predicted octanol–water partition coefficient (Wildman–Crippen LogP) is 1.52. The van der Waals surface area contributed by atoms with Gasteiger partial charge >= 0.3 is 5.97 Å². The number of rotatable bonds is 3. The first-order valence-corrected chi connectivity index (χ1v) is 7.21. The summed E-state index contributed by atoms with van der Waals surface area (Å²) in [5, 5.41) is 0. The highest BCUT2D eigenvalue weighted by Gasteiger charge is 2.20. The monoisotopic (exact) mass is 267 g/mol. The van der Waals surface area contributed by atoms with Crippen LogP contribution in [0.1, 0.15) is 17.2 Å². The van der Waals surface area contributed by atoms with Gasteiger partial charge in [0.1, 0.15) is 6.10 Å². The summed E-state index contributed by atoms with van der Waals surface area (Å²) in [6.45, 7) is 1.87. The van der Waals surface area contributed by atoms with Gasteiger partial charge in [-0.3, -0.25) is 4.72 Å². The average molecular weight is 267 g/mol. The molecule has 0 fully saturated rings. The number of anilines is 1. The standard InChI is InChI=1S/C12H13NO4S/c1-8-3-4-9(13-18(2,15)16)7-10(8)11-5-6-12(14)17-11/h3-7,11,13H,1-2H3. The molecule has 2 rings (SSSR count). The Labute approximate surface area is 106 Å². The second-order valence-electron chi connectivity index (χ2n) is 4.16. The number of carbonyl (C=O) groups is 1. The van der Waals surface area contributed by atoms with Gasteiger partial charge in [0, 0.05) is 17.3 Å². The maximum absolute atomic E-state index is 11.2. The highest BCUT2D eigenvalue weighted by molar-refractivity contribution is 7.92. The molecule has 5 nitrogen and oxygen atoms in total. The third-order valence-corrected chi connectivity index (χ3v) is 3.15. The topological polar surface area (TPSA) is 72.5 Å². The summed E-state index contributed by atoms with van der Waals surface area (Å²) in [6, 6.07) is 5.12. The molecule has 1 aromatic rings. The van der Waals surface area contributed by atoms with E-state index >= 15 is 0 Å². The molecule has 0 amide bonds. The summed E-state index contributed by atoms with van der Waals surface area (Å²) in [4.78, 5) is 11.0. The molecular weight excluding hydrogens is 254 g/mol. The summed E-state index contributed by atoms with van der Waals surface area (Å²) in [7, 11) is -3.32. The fraction of sp³-hybridized carbons (Fsp3) is 0.250. The van der Waals surface area contributed by atoms with Gasteiger partial charge in [-0.15, -0.1) is 0 Å². The van der Waals surface area contributed by atoms with Crippen LogP contribution in [0.4, 0.5) is 5.69 Å². The number of ether oxygens (including phenoxy) is 1. The molecule has 0 spiro atoms. The Balaban J connectivity index is 2.33. The molecule has 0 saturated heterocycles. The van der Waals surface area contributed by atoms with Crippen molar-refractivity contribution in [3.05, 3.63) is 41.5 Å². The van der Waals surface area contributed by atoms with Crippen molar-refractivity contribution in [2.24, 2.45) is 0 Å². The number of hydrogen-bond acceptors (Lipinski definition) is 4. The Morgan fingerprint density at radius 3 is 2.61 bits per heavy atom. The Morgan fingerprint density at radius 1 is 1.33 bits per heavy atom. The molecule has 0 aliphatic carbocycles. The summed E-state index contributed by atoms with van der Waals surface area (Å²) >= 11 is 0. The number of esters is 1. The lowest BCUT2D eigenvalue weighted by atomic mass is 10.0. The molecule has 1 N–H and O–H groups in total. The molecule has 1 aliphatic heterocycles. The van der Waals surface area contributed by atoms with Crippen LogP contribution >= 0.6 is 0 Å². The number of aryl methyl sites for hydroxylation is 1. The molecule has 6 heteroatoms. The first kappa shape index (κ1) is 12.6. The zero-order valence-corrected chi connectivity index (χ0v) is 10.8. The van der Waals surface area contributed by atoms with Gasteiger partial charge in [0.25, 0.3) is 0 Å². The smallest absolute Gasteiger partial charge is 0.331 e. The van der Waals surface area contributed by atoms with Gasteiger partial charge < -0.3 is 4.74 Å². The lowest BCUT2D eigenvalue weighted by Crippen LogP contribution is -2.10. The van der Waals surface area contributed by atoms with Crippen LogP contribution in [0.5, 0.6) is 0 Å². The molecule has 1 atom stereocenters. The van der Waals surface area contributed by atoms with E-state index in [1.807, 2.05) is 6.92 Å². The Bertz CT molecular complexity index is 619. The van der Waals surface area contributed by atoms with Crippen molar-refractivity contribution in [1.82, 2.24) is 0 Å². The van der Waals surface area contributed by atoms with Gasteiger partial charge in [0.15, 0.2) is 0 Å². The molecule has 18 heavy (non-hydrogen) atoms. The minimum atomic E-state index is -3.32. The van der Waals surface area contributed by atoms with E-state index in [0.717, 1.165) is 17.4 Å². The first-order valence-electron chi connectivity index (χ1n) is 5.32. The van der Waals surface area contributed by atoms with Crippen LogP contribution < -0.4 is 4.72 Å². The second-order valence-corrected chi connectivity index (χ2v) is 5.91. The lowest BCUT2D eigenvalue weighted by molar-refractivity contribution is -0.138. The van der Waals surface area contributed by atoms with Crippen molar-refractivity contribution in [3.63, 3.8) is 0 Å². The molecule has 1 aromatic carbocycles. The Hall–Kier alpha value is -1.82. The molecule has 0 bridgehead atoms. The molecular formula is C12H13NO4S. The van der Waals surface area contributed by atoms with Crippen LogP contribution in [-0.4, -0.2) is 20.6 Å². The quantitative estimate of drug-likeness (QED) is 0.843. The van der Waals surface area contributed by atoms with Crippen molar-refractivity contribution in [1.29, 1.82) is 0 Å². The van der Waals surface area contributed by atoms with E-state index in [1.54, 1.807) is 24.3 Å². The van der Waals surface area contributed by atoms with E-state index in [9.17, 15) is 13.2 Å². The van der Waals surface area contributed by atoms with Gasteiger partial charge in [-0.1, -0.05) is 6.07 Å². The second kappa shape index (κ2) is 4.45. The van der Waals surface area contributed by atoms with Gasteiger partial charge in [0.05, 0.1) is 6.26 Å². The molecule has 1 heterocycles. The summed E-state index contributed by atoms with van der Waals surface area (Å²) in [5.74, 6) is -0.388. The Morgan fingerprint density at radius 2 is 2.06 bits per heavy atom. The molecule has 96 valence electrons. The fourth-order valence-corrected chi connectivity index (χ4v) is 2.32. The summed E-state index contributed by atoms with van der Waals surface area (Å²) in [6.07, 6.45) is 3.65. The van der Waals surface area contributed by atoms with Crippen molar-refractivity contribution in [3.8, 4) is 0 Å². The minimum Gasteiger partial charge on any atom is -0.450 e. The highest BCUT2D eigenvalue weighted by atomic mass is 32.2. The number of nitrogens with one attached hydrogen (secondary N) is 1. The van der Waals surface area contributed by atoms with Crippen LogP contribution in [0.15, 0.2) is 30.4 Å². The summed E-state index contributed by atoms with van der Waals surface area (Å²) < 4.78 is 29.8. The molecule has 1 unspecified atom stereocenters. The van der Waals surface area contributed by atoms with Gasteiger partial charge in [-0.05, 0) is 30.7 Å². The van der Waals surface area contributed by atoms with Crippen molar-refractivity contribution < 1.29 is 17.9 Å². The fourth-order valence-electron chi connectivity index (χ4n) is 1.76. The van der Waals surface area contributed by atoms with Crippen LogP contribution in [0.2, 0.25) is 0 Å². The number of hydrogen-bond donors (Lipinski definition) is 1. The minimum absolute atomic E-state index is 0.388. The third-order valence-electron chi connectivity index (χ3n) is 2.54. The molecule has 0 saturated carbocycles. The zero-order valence-electron chi connectivity index (χ0n) is 10.0. The normalized spacial score (nSPS) is 18.8. The van der Waals surface area contributed by atoms with Crippen molar-refractivity contribution in [2.75, 3.05) is 11.0 Å². The summed E-state index contributed by atoms with van der Waals surface area (Å²) in [5.41, 5.74) is 2.15. The average Bonchev–Trinajstić information content (AvgIpc) is 2.66. The van der Waals surface area contributed by atoms with Crippen molar-refractivity contribution >= 4 is 21.7 Å².